The van der Waals surface area contributed by atoms with E-state index in [1.165, 1.54) is 63.5 Å². The summed E-state index contributed by atoms with van der Waals surface area (Å²) in [4.78, 5) is 0. The lowest BCUT2D eigenvalue weighted by atomic mass is 9.79. The highest BCUT2D eigenvalue weighted by atomic mass is 14.9. The van der Waals surface area contributed by atoms with Crippen molar-refractivity contribution in [3.05, 3.63) is 35.9 Å². The first kappa shape index (κ1) is 16.5. The predicted molar refractivity (Wildman–Crippen MR) is 92.7 cm³/mol. The molecule has 3 atom stereocenters. The molecule has 0 heterocycles. The fraction of sp³-hybridized carbons (Fsp3) is 0.700. The van der Waals surface area contributed by atoms with E-state index in [2.05, 4.69) is 49.5 Å². The van der Waals surface area contributed by atoms with Crippen LogP contribution in [0.4, 0.5) is 0 Å². The molecule has 1 nitrogen and oxygen atoms in total. The lowest BCUT2D eigenvalue weighted by Crippen LogP contribution is -2.39. The van der Waals surface area contributed by atoms with Crippen molar-refractivity contribution in [1.82, 2.24) is 5.32 Å². The first-order chi connectivity index (χ1) is 10.3. The Morgan fingerprint density at radius 3 is 2.57 bits per heavy atom. The molecule has 0 aromatic heterocycles. The maximum Gasteiger partial charge on any atom is 0.0136 e. The van der Waals surface area contributed by atoms with Gasteiger partial charge in [-0.3, -0.25) is 0 Å². The zero-order valence-electron chi connectivity index (χ0n) is 14.0. The third-order valence-corrected chi connectivity index (χ3v) is 5.21. The minimum Gasteiger partial charge on any atom is -0.313 e. The predicted octanol–water partition coefficient (Wildman–Crippen LogP) is 5.52. The molecule has 1 aromatic rings. The second-order valence-corrected chi connectivity index (χ2v) is 6.73. The zero-order chi connectivity index (χ0) is 14.9. The van der Waals surface area contributed by atoms with Crippen LogP contribution in [0.1, 0.15) is 76.7 Å². The molecule has 0 amide bonds. The van der Waals surface area contributed by atoms with E-state index in [-0.39, 0.29) is 0 Å². The smallest absolute Gasteiger partial charge is 0.0136 e. The van der Waals surface area contributed by atoms with E-state index in [1.807, 2.05) is 0 Å². The van der Waals surface area contributed by atoms with Crippen LogP contribution >= 0.6 is 0 Å². The van der Waals surface area contributed by atoms with E-state index < -0.39 is 0 Å². The van der Waals surface area contributed by atoms with Crippen LogP contribution in [0.25, 0.3) is 0 Å². The molecule has 1 heteroatoms. The first-order valence-corrected chi connectivity index (χ1v) is 9.13. The van der Waals surface area contributed by atoms with Crippen molar-refractivity contribution in [2.75, 3.05) is 6.54 Å². The minimum atomic E-state index is 0.692. The summed E-state index contributed by atoms with van der Waals surface area (Å²) in [6, 6.07) is 11.8. The Hall–Kier alpha value is -0.820. The van der Waals surface area contributed by atoms with Gasteiger partial charge in [-0.15, -0.1) is 0 Å². The maximum absolute atomic E-state index is 3.93. The van der Waals surface area contributed by atoms with Crippen LogP contribution in [0.2, 0.25) is 0 Å². The average Bonchev–Trinajstić information content (AvgIpc) is 2.56. The summed E-state index contributed by atoms with van der Waals surface area (Å²) in [6.45, 7) is 5.86. The van der Waals surface area contributed by atoms with E-state index >= 15 is 0 Å². The van der Waals surface area contributed by atoms with Crippen molar-refractivity contribution in [3.63, 3.8) is 0 Å². The second kappa shape index (κ2) is 9.25. The summed E-state index contributed by atoms with van der Waals surface area (Å²) in [6.07, 6.45) is 10.9. The maximum atomic E-state index is 3.93. The first-order valence-electron chi connectivity index (χ1n) is 9.13. The molecule has 1 saturated carbocycles. The standard InChI is InChI=1S/C20H33N/c1-3-5-11-17(4-2)16-21-20-15-10-9-14-19(20)18-12-7-6-8-13-18/h6-8,12-13,17,19-21H,3-5,9-11,14-16H2,1-2H3. The van der Waals surface area contributed by atoms with E-state index in [0.717, 1.165) is 11.8 Å². The van der Waals surface area contributed by atoms with Crippen LogP contribution in [0.15, 0.2) is 30.3 Å². The van der Waals surface area contributed by atoms with E-state index in [9.17, 15) is 0 Å². The van der Waals surface area contributed by atoms with Gasteiger partial charge in [-0.2, -0.15) is 0 Å². The molecule has 0 aliphatic heterocycles. The highest BCUT2D eigenvalue weighted by molar-refractivity contribution is 5.22. The van der Waals surface area contributed by atoms with Gasteiger partial charge in [-0.05, 0) is 43.2 Å². The molecule has 3 unspecified atom stereocenters. The summed E-state index contributed by atoms with van der Waals surface area (Å²) < 4.78 is 0. The van der Waals surface area contributed by atoms with Crippen molar-refractivity contribution in [2.24, 2.45) is 5.92 Å². The van der Waals surface area contributed by atoms with E-state index in [4.69, 9.17) is 0 Å². The van der Waals surface area contributed by atoms with Crippen molar-refractivity contribution in [1.29, 1.82) is 0 Å². The van der Waals surface area contributed by atoms with E-state index in [1.54, 1.807) is 0 Å². The third-order valence-electron chi connectivity index (χ3n) is 5.21. The minimum absolute atomic E-state index is 0.692. The number of rotatable bonds is 8. The van der Waals surface area contributed by atoms with Gasteiger partial charge < -0.3 is 5.32 Å². The summed E-state index contributed by atoms with van der Waals surface area (Å²) in [5, 5.41) is 3.93. The molecular formula is C20H33N. The van der Waals surface area contributed by atoms with Crippen LogP contribution in [0.3, 0.4) is 0 Å². The number of hydrogen-bond acceptors (Lipinski definition) is 1. The molecule has 0 spiro atoms. The molecule has 118 valence electrons. The zero-order valence-corrected chi connectivity index (χ0v) is 14.0. The largest absolute Gasteiger partial charge is 0.313 e. The van der Waals surface area contributed by atoms with Gasteiger partial charge in [0.05, 0.1) is 0 Å². The average molecular weight is 287 g/mol. The lowest BCUT2D eigenvalue weighted by molar-refractivity contribution is 0.300. The van der Waals surface area contributed by atoms with Crippen molar-refractivity contribution < 1.29 is 0 Å². The summed E-state index contributed by atoms with van der Waals surface area (Å²) in [5.41, 5.74) is 1.54. The van der Waals surface area contributed by atoms with Gasteiger partial charge in [0.15, 0.2) is 0 Å². The fourth-order valence-corrected chi connectivity index (χ4v) is 3.74. The Balaban J connectivity index is 1.90. The van der Waals surface area contributed by atoms with Crippen molar-refractivity contribution in [2.45, 2.75) is 77.2 Å². The molecule has 0 saturated heterocycles. The number of hydrogen-bond donors (Lipinski definition) is 1. The highest BCUT2D eigenvalue weighted by Crippen LogP contribution is 2.33. The Bertz CT molecular complexity index is 373. The molecular weight excluding hydrogens is 254 g/mol. The fourth-order valence-electron chi connectivity index (χ4n) is 3.74. The topological polar surface area (TPSA) is 12.0 Å². The third kappa shape index (κ3) is 5.14. The van der Waals surface area contributed by atoms with Gasteiger partial charge in [-0.1, -0.05) is 76.3 Å². The van der Waals surface area contributed by atoms with Gasteiger partial charge in [0, 0.05) is 6.04 Å². The number of benzene rings is 1. The summed E-state index contributed by atoms with van der Waals surface area (Å²) >= 11 is 0. The molecule has 1 aliphatic rings. The quantitative estimate of drug-likeness (QED) is 0.664. The van der Waals surface area contributed by atoms with Crippen molar-refractivity contribution >= 4 is 0 Å². The molecule has 0 bridgehead atoms. The van der Waals surface area contributed by atoms with Crippen LogP contribution < -0.4 is 5.32 Å². The van der Waals surface area contributed by atoms with Gasteiger partial charge in [0.25, 0.3) is 0 Å². The monoisotopic (exact) mass is 287 g/mol. The van der Waals surface area contributed by atoms with Crippen LogP contribution in [-0.4, -0.2) is 12.6 Å². The lowest BCUT2D eigenvalue weighted by Gasteiger charge is -2.34. The second-order valence-electron chi connectivity index (χ2n) is 6.73. The summed E-state index contributed by atoms with van der Waals surface area (Å²) in [5.74, 6) is 1.59. The Kier molecular flexibility index (Phi) is 7.29. The highest BCUT2D eigenvalue weighted by Gasteiger charge is 2.26. The van der Waals surface area contributed by atoms with Crippen LogP contribution in [-0.2, 0) is 0 Å². The van der Waals surface area contributed by atoms with Crippen LogP contribution in [0, 0.1) is 5.92 Å². The normalized spacial score (nSPS) is 23.9. The Morgan fingerprint density at radius 1 is 1.10 bits per heavy atom. The van der Waals surface area contributed by atoms with Gasteiger partial charge in [0.1, 0.15) is 0 Å². The molecule has 0 radical (unpaired) electrons. The van der Waals surface area contributed by atoms with Gasteiger partial charge in [-0.25, -0.2) is 0 Å². The van der Waals surface area contributed by atoms with Gasteiger partial charge >= 0.3 is 0 Å². The molecule has 1 fully saturated rings. The molecule has 21 heavy (non-hydrogen) atoms. The van der Waals surface area contributed by atoms with Crippen molar-refractivity contribution in [3.8, 4) is 0 Å². The molecule has 1 aliphatic carbocycles. The number of unbranched alkanes of at least 4 members (excludes halogenated alkanes) is 1. The molecule has 2 rings (SSSR count). The Morgan fingerprint density at radius 2 is 1.86 bits per heavy atom. The number of nitrogens with one attached hydrogen (secondary N) is 1. The molecule has 1 aromatic carbocycles. The summed E-state index contributed by atoms with van der Waals surface area (Å²) in [7, 11) is 0. The Labute approximate surface area is 131 Å². The molecule has 1 N–H and O–H groups in total. The van der Waals surface area contributed by atoms with Crippen LogP contribution in [0.5, 0.6) is 0 Å². The van der Waals surface area contributed by atoms with Gasteiger partial charge in [0.2, 0.25) is 0 Å². The SMILES string of the molecule is CCCCC(CC)CNC1CCCCC1c1ccccc1. The van der Waals surface area contributed by atoms with E-state index in [0.29, 0.717) is 6.04 Å².